The number of aryl methyl sites for hydroxylation is 1. The highest BCUT2D eigenvalue weighted by atomic mass is 32.1. The Morgan fingerprint density at radius 3 is 2.86 bits per heavy atom. The number of rotatable bonds is 4. The molecule has 2 aromatic carbocycles. The maximum Gasteiger partial charge on any atom is 0.128 e. The molecule has 0 spiro atoms. The zero-order valence-corrected chi connectivity index (χ0v) is 12.6. The zero-order valence-electron chi connectivity index (χ0n) is 11.8. The lowest BCUT2D eigenvalue weighted by atomic mass is 9.97. The molecular weight excluding hydrogens is 283 g/mol. The fraction of sp³-hybridized carbons (Fsp3) is 0.176. The molecular formula is C17H17FN2S. The lowest BCUT2D eigenvalue weighted by molar-refractivity contribution is 0.511. The van der Waals surface area contributed by atoms with Crippen molar-refractivity contribution >= 4 is 21.4 Å². The summed E-state index contributed by atoms with van der Waals surface area (Å²) in [5.41, 5.74) is 5.60. The van der Waals surface area contributed by atoms with Crippen LogP contribution in [0.5, 0.6) is 0 Å². The third-order valence-corrected chi connectivity index (χ3v) is 4.73. The van der Waals surface area contributed by atoms with Gasteiger partial charge in [0.2, 0.25) is 0 Å². The Labute approximate surface area is 127 Å². The molecule has 0 saturated carbocycles. The molecule has 1 atom stereocenters. The minimum atomic E-state index is -0.233. The molecule has 0 aliphatic rings. The van der Waals surface area contributed by atoms with Crippen LogP contribution < -0.4 is 11.3 Å². The van der Waals surface area contributed by atoms with E-state index in [1.807, 2.05) is 25.1 Å². The van der Waals surface area contributed by atoms with Gasteiger partial charge >= 0.3 is 0 Å². The van der Waals surface area contributed by atoms with Gasteiger partial charge in [-0.2, -0.15) is 0 Å². The molecule has 21 heavy (non-hydrogen) atoms. The highest BCUT2D eigenvalue weighted by Gasteiger charge is 2.17. The van der Waals surface area contributed by atoms with Crippen molar-refractivity contribution in [2.75, 3.05) is 0 Å². The van der Waals surface area contributed by atoms with Crippen LogP contribution in [0.15, 0.2) is 47.8 Å². The highest BCUT2D eigenvalue weighted by Crippen LogP contribution is 2.30. The van der Waals surface area contributed by atoms with Crippen LogP contribution >= 0.6 is 11.3 Å². The van der Waals surface area contributed by atoms with Gasteiger partial charge < -0.3 is 0 Å². The first-order valence-corrected chi connectivity index (χ1v) is 7.74. The average molecular weight is 300 g/mol. The molecule has 3 rings (SSSR count). The van der Waals surface area contributed by atoms with Crippen LogP contribution in [0.2, 0.25) is 0 Å². The maximum atomic E-state index is 14.1. The second-order valence-electron chi connectivity index (χ2n) is 5.21. The number of hydrazine groups is 1. The lowest BCUT2D eigenvalue weighted by Gasteiger charge is -2.17. The van der Waals surface area contributed by atoms with Crippen molar-refractivity contribution in [2.24, 2.45) is 5.84 Å². The van der Waals surface area contributed by atoms with E-state index in [-0.39, 0.29) is 11.9 Å². The first kappa shape index (κ1) is 14.2. The largest absolute Gasteiger partial charge is 0.271 e. The van der Waals surface area contributed by atoms with Crippen LogP contribution in [0.25, 0.3) is 10.1 Å². The predicted octanol–water partition coefficient (Wildman–Crippen LogP) is 4.10. The summed E-state index contributed by atoms with van der Waals surface area (Å²) in [5.74, 6) is 5.45. The van der Waals surface area contributed by atoms with Crippen molar-refractivity contribution in [3.05, 3.63) is 70.4 Å². The Morgan fingerprint density at radius 1 is 1.24 bits per heavy atom. The summed E-state index contributed by atoms with van der Waals surface area (Å²) in [4.78, 5) is 0. The molecule has 4 heteroatoms. The maximum absolute atomic E-state index is 14.1. The highest BCUT2D eigenvalue weighted by molar-refractivity contribution is 7.17. The Morgan fingerprint density at radius 2 is 2.05 bits per heavy atom. The molecule has 1 heterocycles. The summed E-state index contributed by atoms with van der Waals surface area (Å²) in [5, 5.41) is 3.35. The first-order chi connectivity index (χ1) is 10.2. The number of thiophene rings is 1. The standard InChI is InChI=1S/C17H17FN2S/c1-11-6-7-15(18)14(8-11)16(20-19)9-12-10-21-17-5-3-2-4-13(12)17/h2-8,10,16,20H,9,19H2,1H3. The lowest BCUT2D eigenvalue weighted by Crippen LogP contribution is -2.30. The third kappa shape index (κ3) is 2.83. The van der Waals surface area contributed by atoms with E-state index in [4.69, 9.17) is 5.84 Å². The number of nitrogens with two attached hydrogens (primary N) is 1. The summed E-state index contributed by atoms with van der Waals surface area (Å²) in [7, 11) is 0. The molecule has 0 saturated heterocycles. The summed E-state index contributed by atoms with van der Waals surface area (Å²) in [6.07, 6.45) is 0.668. The van der Waals surface area contributed by atoms with Gasteiger partial charge in [-0.15, -0.1) is 11.3 Å². The molecule has 2 nitrogen and oxygen atoms in total. The second-order valence-corrected chi connectivity index (χ2v) is 6.12. The third-order valence-electron chi connectivity index (χ3n) is 3.71. The Kier molecular flexibility index (Phi) is 4.01. The number of fused-ring (bicyclic) bond motifs is 1. The van der Waals surface area contributed by atoms with Gasteiger partial charge in [-0.1, -0.05) is 35.9 Å². The van der Waals surface area contributed by atoms with Crippen LogP contribution in [0.3, 0.4) is 0 Å². The van der Waals surface area contributed by atoms with Gasteiger partial charge in [-0.3, -0.25) is 11.3 Å². The zero-order chi connectivity index (χ0) is 14.8. The molecule has 0 fully saturated rings. The van der Waals surface area contributed by atoms with E-state index >= 15 is 0 Å². The molecule has 0 bridgehead atoms. The fourth-order valence-corrected chi connectivity index (χ4v) is 3.58. The van der Waals surface area contributed by atoms with Gasteiger partial charge in [0.05, 0.1) is 6.04 Å². The Hall–Kier alpha value is -1.75. The molecule has 1 aromatic heterocycles. The molecule has 0 amide bonds. The topological polar surface area (TPSA) is 38.0 Å². The first-order valence-electron chi connectivity index (χ1n) is 6.86. The van der Waals surface area contributed by atoms with E-state index in [0.29, 0.717) is 12.0 Å². The van der Waals surface area contributed by atoms with E-state index in [1.165, 1.54) is 21.7 Å². The van der Waals surface area contributed by atoms with Gasteiger partial charge in [-0.25, -0.2) is 4.39 Å². The number of hydrogen-bond donors (Lipinski definition) is 2. The number of hydrogen-bond acceptors (Lipinski definition) is 3. The molecule has 1 unspecified atom stereocenters. The number of nitrogens with one attached hydrogen (secondary N) is 1. The Bertz CT molecular complexity index is 766. The summed E-state index contributed by atoms with van der Waals surface area (Å²) in [6, 6.07) is 13.1. The van der Waals surface area contributed by atoms with E-state index in [0.717, 1.165) is 5.56 Å². The molecule has 0 aliphatic carbocycles. The van der Waals surface area contributed by atoms with Crippen molar-refractivity contribution in [3.8, 4) is 0 Å². The van der Waals surface area contributed by atoms with E-state index in [1.54, 1.807) is 17.4 Å². The SMILES string of the molecule is Cc1ccc(F)c(C(Cc2csc3ccccc23)NN)c1. The average Bonchev–Trinajstić information content (AvgIpc) is 2.91. The smallest absolute Gasteiger partial charge is 0.128 e. The molecule has 3 aromatic rings. The van der Waals surface area contributed by atoms with E-state index in [2.05, 4.69) is 22.9 Å². The van der Waals surface area contributed by atoms with Gasteiger partial charge in [0.15, 0.2) is 0 Å². The summed E-state index contributed by atoms with van der Waals surface area (Å²) >= 11 is 1.71. The van der Waals surface area contributed by atoms with Crippen LogP contribution in [0, 0.1) is 12.7 Å². The van der Waals surface area contributed by atoms with Crippen LogP contribution in [0.4, 0.5) is 4.39 Å². The number of benzene rings is 2. The van der Waals surface area contributed by atoms with Crippen molar-refractivity contribution in [1.29, 1.82) is 0 Å². The molecule has 0 radical (unpaired) electrons. The van der Waals surface area contributed by atoms with Gasteiger partial charge in [0, 0.05) is 10.3 Å². The predicted molar refractivity (Wildman–Crippen MR) is 86.7 cm³/mol. The quantitative estimate of drug-likeness (QED) is 0.562. The minimum Gasteiger partial charge on any atom is -0.271 e. The van der Waals surface area contributed by atoms with Gasteiger partial charge in [0.1, 0.15) is 5.82 Å². The summed E-state index contributed by atoms with van der Waals surface area (Å²) in [6.45, 7) is 1.95. The van der Waals surface area contributed by atoms with Crippen LogP contribution in [0.1, 0.15) is 22.7 Å². The monoisotopic (exact) mass is 300 g/mol. The molecule has 0 aliphatic heterocycles. The minimum absolute atomic E-state index is 0.219. The van der Waals surface area contributed by atoms with Crippen molar-refractivity contribution in [3.63, 3.8) is 0 Å². The van der Waals surface area contributed by atoms with Crippen LogP contribution in [-0.2, 0) is 6.42 Å². The normalized spacial score (nSPS) is 12.7. The molecule has 3 N–H and O–H groups in total. The van der Waals surface area contributed by atoms with Gasteiger partial charge in [0.25, 0.3) is 0 Å². The Balaban J connectivity index is 1.96. The molecule has 108 valence electrons. The van der Waals surface area contributed by atoms with Crippen molar-refractivity contribution in [1.82, 2.24) is 5.43 Å². The van der Waals surface area contributed by atoms with Crippen molar-refractivity contribution in [2.45, 2.75) is 19.4 Å². The number of halogens is 1. The van der Waals surface area contributed by atoms with Crippen LogP contribution in [-0.4, -0.2) is 0 Å². The second kappa shape index (κ2) is 5.93. The fourth-order valence-electron chi connectivity index (χ4n) is 2.60. The van der Waals surface area contributed by atoms with E-state index < -0.39 is 0 Å². The van der Waals surface area contributed by atoms with Crippen molar-refractivity contribution < 1.29 is 4.39 Å². The van der Waals surface area contributed by atoms with Gasteiger partial charge in [-0.05, 0) is 41.8 Å². The van der Waals surface area contributed by atoms with E-state index in [9.17, 15) is 4.39 Å². The summed E-state index contributed by atoms with van der Waals surface area (Å²) < 4.78 is 15.3.